The van der Waals surface area contributed by atoms with Gasteiger partial charge in [-0.1, -0.05) is 95.2 Å². The van der Waals surface area contributed by atoms with Gasteiger partial charge in [-0.25, -0.2) is 0 Å². The molecule has 0 bridgehead atoms. The Morgan fingerprint density at radius 3 is 1.14 bits per heavy atom. The first-order valence-electron chi connectivity index (χ1n) is 13.5. The number of benzene rings is 2. The topological polar surface area (TPSA) is 65.2 Å². The first-order valence-corrected chi connectivity index (χ1v) is 13.5. The van der Waals surface area contributed by atoms with E-state index in [9.17, 15) is 10.2 Å². The summed E-state index contributed by atoms with van der Waals surface area (Å²) in [7, 11) is 0. The van der Waals surface area contributed by atoms with Crippen LogP contribution in [0.4, 0.5) is 0 Å². The van der Waals surface area contributed by atoms with Crippen molar-refractivity contribution >= 4 is 12.4 Å². The number of hydrogen-bond donors (Lipinski definition) is 2. The summed E-state index contributed by atoms with van der Waals surface area (Å²) in [5.41, 5.74) is 5.72. The lowest BCUT2D eigenvalue weighted by atomic mass is 9.78. The highest BCUT2D eigenvalue weighted by Gasteiger charge is 2.25. The monoisotopic (exact) mass is 506 g/mol. The van der Waals surface area contributed by atoms with Gasteiger partial charge >= 0.3 is 0 Å². The molecule has 0 saturated heterocycles. The van der Waals surface area contributed by atoms with E-state index in [4.69, 9.17) is 0 Å². The summed E-state index contributed by atoms with van der Waals surface area (Å²) >= 11 is 0. The molecule has 0 amide bonds. The predicted octanol–water partition coefficient (Wildman–Crippen LogP) is 8.22. The number of nitrogens with zero attached hydrogens (tertiary/aromatic N) is 2. The van der Waals surface area contributed by atoms with E-state index < -0.39 is 0 Å². The quantitative estimate of drug-likeness (QED) is 0.306. The average Bonchev–Trinajstić information content (AvgIpc) is 2.71. The largest absolute Gasteiger partial charge is 0.507 e. The van der Waals surface area contributed by atoms with E-state index in [1.54, 1.807) is 12.4 Å². The second-order valence-electron chi connectivity index (χ2n) is 14.3. The molecule has 0 fully saturated rings. The second kappa shape index (κ2) is 11.0. The highest BCUT2D eigenvalue weighted by molar-refractivity contribution is 5.87. The number of phenols is 2. The molecule has 2 aromatic carbocycles. The molecule has 0 unspecified atom stereocenters. The van der Waals surface area contributed by atoms with Crippen molar-refractivity contribution in [3.63, 3.8) is 0 Å². The van der Waals surface area contributed by atoms with Gasteiger partial charge in [0.1, 0.15) is 11.5 Å². The summed E-state index contributed by atoms with van der Waals surface area (Å²) in [6, 6.07) is 8.14. The number of hydrogen-bond acceptors (Lipinski definition) is 4. The van der Waals surface area contributed by atoms with E-state index in [1.165, 1.54) is 0 Å². The zero-order chi connectivity index (χ0) is 28.4. The Hall–Kier alpha value is -2.62. The van der Waals surface area contributed by atoms with Crippen molar-refractivity contribution in [2.24, 2.45) is 9.98 Å². The van der Waals surface area contributed by atoms with Crippen molar-refractivity contribution in [1.82, 2.24) is 0 Å². The van der Waals surface area contributed by atoms with Crippen molar-refractivity contribution in [2.75, 3.05) is 13.1 Å². The van der Waals surface area contributed by atoms with Crippen molar-refractivity contribution in [3.05, 3.63) is 57.6 Å². The number of aromatic hydroxyl groups is 2. The standard InChI is InChI=1S/C33H50N2O2/c1-30(2,3)22-16-26(32(7,8)9)24(28(36)18-22)20-34-14-13-15-35-21-25-27(33(10,11)12)17-23(19-29(25)37)31(4,5)6/h16-21,36-37H,13-15H2,1-12H3. The molecule has 37 heavy (non-hydrogen) atoms. The van der Waals surface area contributed by atoms with E-state index in [1.807, 2.05) is 12.1 Å². The normalized spacial score (nSPS) is 13.7. The Kier molecular flexibility index (Phi) is 9.11. The van der Waals surface area contributed by atoms with Gasteiger partial charge in [0.05, 0.1) is 0 Å². The summed E-state index contributed by atoms with van der Waals surface area (Å²) in [6.07, 6.45) is 4.39. The maximum absolute atomic E-state index is 10.8. The van der Waals surface area contributed by atoms with Crippen molar-refractivity contribution in [1.29, 1.82) is 0 Å². The molecule has 2 N–H and O–H groups in total. The fourth-order valence-corrected chi connectivity index (χ4v) is 4.22. The Labute approximate surface area is 226 Å². The molecule has 4 nitrogen and oxygen atoms in total. The van der Waals surface area contributed by atoms with E-state index in [0.29, 0.717) is 13.1 Å². The van der Waals surface area contributed by atoms with Crippen molar-refractivity contribution in [2.45, 2.75) is 111 Å². The van der Waals surface area contributed by atoms with Crippen LogP contribution in [0.2, 0.25) is 0 Å². The Morgan fingerprint density at radius 2 is 0.865 bits per heavy atom. The van der Waals surface area contributed by atoms with Crippen LogP contribution in [-0.4, -0.2) is 35.7 Å². The molecule has 0 aliphatic rings. The fourth-order valence-electron chi connectivity index (χ4n) is 4.22. The molecule has 204 valence electrons. The van der Waals surface area contributed by atoms with Crippen molar-refractivity contribution in [3.8, 4) is 11.5 Å². The number of aliphatic imine (C=N–C) groups is 2. The summed E-state index contributed by atoms with van der Waals surface area (Å²) in [5, 5.41) is 21.6. The highest BCUT2D eigenvalue weighted by atomic mass is 16.3. The number of rotatable bonds is 6. The molecule has 4 heteroatoms. The molecule has 2 aromatic rings. The molecule has 0 heterocycles. The molecule has 0 radical (unpaired) electrons. The Balaban J connectivity index is 2.17. The van der Waals surface area contributed by atoms with Crippen LogP contribution < -0.4 is 0 Å². The summed E-state index contributed by atoms with van der Waals surface area (Å²) in [5.74, 6) is 0.561. The predicted molar refractivity (Wildman–Crippen MR) is 161 cm³/mol. The van der Waals surface area contributed by atoms with Crippen LogP contribution in [-0.2, 0) is 21.7 Å². The van der Waals surface area contributed by atoms with Crippen LogP contribution in [0, 0.1) is 0 Å². The molecule has 0 aromatic heterocycles. The van der Waals surface area contributed by atoms with Gasteiger partial charge < -0.3 is 10.2 Å². The van der Waals surface area contributed by atoms with Gasteiger partial charge in [-0.3, -0.25) is 9.98 Å². The van der Waals surface area contributed by atoms with Gasteiger partial charge in [0.25, 0.3) is 0 Å². The van der Waals surface area contributed by atoms with Gasteiger partial charge in [0.2, 0.25) is 0 Å². The van der Waals surface area contributed by atoms with E-state index in [0.717, 1.165) is 39.8 Å². The lowest BCUT2D eigenvalue weighted by Gasteiger charge is -2.27. The molecular formula is C33H50N2O2. The van der Waals surface area contributed by atoms with Crippen LogP contribution in [0.1, 0.15) is 123 Å². The van der Waals surface area contributed by atoms with Crippen LogP contribution in [0.5, 0.6) is 11.5 Å². The first-order chi connectivity index (χ1) is 16.7. The van der Waals surface area contributed by atoms with E-state index >= 15 is 0 Å². The zero-order valence-electron chi connectivity index (χ0n) is 25.4. The first kappa shape index (κ1) is 30.6. The van der Waals surface area contributed by atoms with Crippen LogP contribution in [0.3, 0.4) is 0 Å². The third-order valence-corrected chi connectivity index (χ3v) is 6.68. The smallest absolute Gasteiger partial charge is 0.124 e. The summed E-state index contributed by atoms with van der Waals surface area (Å²) in [4.78, 5) is 9.24. The third-order valence-electron chi connectivity index (χ3n) is 6.68. The molecule has 0 aliphatic carbocycles. The van der Waals surface area contributed by atoms with Gasteiger partial charge in [-0.2, -0.15) is 0 Å². The third kappa shape index (κ3) is 8.18. The Bertz CT molecular complexity index is 1050. The van der Waals surface area contributed by atoms with Crippen LogP contribution in [0.15, 0.2) is 34.3 Å². The summed E-state index contributed by atoms with van der Waals surface area (Å²) < 4.78 is 0. The molecule has 0 saturated carbocycles. The molecule has 2 rings (SSSR count). The van der Waals surface area contributed by atoms with Gasteiger partial charge in [-0.15, -0.1) is 0 Å². The summed E-state index contributed by atoms with van der Waals surface area (Å²) in [6.45, 7) is 27.2. The molecule has 0 aliphatic heterocycles. The van der Waals surface area contributed by atoms with E-state index in [2.05, 4.69) is 105 Å². The highest BCUT2D eigenvalue weighted by Crippen LogP contribution is 2.37. The minimum absolute atomic E-state index is 0.0422. The van der Waals surface area contributed by atoms with Crippen molar-refractivity contribution < 1.29 is 10.2 Å². The number of phenolic OH excluding ortho intramolecular Hbond substituents is 2. The molecule has 0 spiro atoms. The molecular weight excluding hydrogens is 456 g/mol. The fraction of sp³-hybridized carbons (Fsp3) is 0.576. The van der Waals surface area contributed by atoms with Gasteiger partial charge in [-0.05, 0) is 62.5 Å². The second-order valence-corrected chi connectivity index (χ2v) is 14.3. The van der Waals surface area contributed by atoms with E-state index in [-0.39, 0.29) is 33.2 Å². The lowest BCUT2D eigenvalue weighted by Crippen LogP contribution is -2.18. The SMILES string of the molecule is CC(C)(C)c1cc(O)c(C=NCCCN=Cc2c(O)cc(C(C)(C)C)cc2C(C)(C)C)c(C(C)(C)C)c1. The minimum atomic E-state index is -0.111. The maximum atomic E-state index is 10.8. The zero-order valence-corrected chi connectivity index (χ0v) is 25.4. The van der Waals surface area contributed by atoms with Crippen LogP contribution in [0.25, 0.3) is 0 Å². The van der Waals surface area contributed by atoms with Crippen LogP contribution >= 0.6 is 0 Å². The Morgan fingerprint density at radius 1 is 0.541 bits per heavy atom. The van der Waals surface area contributed by atoms with Gasteiger partial charge in [0.15, 0.2) is 0 Å². The lowest BCUT2D eigenvalue weighted by molar-refractivity contribution is 0.464. The average molecular weight is 507 g/mol. The minimum Gasteiger partial charge on any atom is -0.507 e. The molecule has 0 atom stereocenters. The maximum Gasteiger partial charge on any atom is 0.124 e. The van der Waals surface area contributed by atoms with Gasteiger partial charge in [0, 0.05) is 36.6 Å².